The van der Waals surface area contributed by atoms with Crippen LogP contribution in [0.15, 0.2) is 0 Å². The number of nitriles is 1. The van der Waals surface area contributed by atoms with Crippen LogP contribution in [0.3, 0.4) is 0 Å². The van der Waals surface area contributed by atoms with Crippen molar-refractivity contribution in [2.75, 3.05) is 13.1 Å². The third-order valence-electron chi connectivity index (χ3n) is 4.88. The molecule has 0 N–H and O–H groups in total. The second kappa shape index (κ2) is 7.63. The number of nitrogens with zero attached hydrogens (tertiary/aromatic N) is 2. The SMILES string of the molecule is CC(C)CN(CC(C)C)C1CC(C(C)(C)C)CCC1C#N. The lowest BCUT2D eigenvalue weighted by atomic mass is 9.67. The third kappa shape index (κ3) is 5.62. The van der Waals surface area contributed by atoms with Crippen LogP contribution in [-0.4, -0.2) is 24.0 Å². The minimum Gasteiger partial charge on any atom is -0.299 e. The van der Waals surface area contributed by atoms with Gasteiger partial charge < -0.3 is 0 Å². The zero-order valence-corrected chi connectivity index (χ0v) is 15.3. The molecule has 2 heteroatoms. The highest BCUT2D eigenvalue weighted by molar-refractivity contribution is 4.99. The van der Waals surface area contributed by atoms with Crippen LogP contribution in [0.4, 0.5) is 0 Å². The molecule has 122 valence electrons. The van der Waals surface area contributed by atoms with E-state index in [0.29, 0.717) is 23.3 Å². The molecule has 0 aromatic rings. The monoisotopic (exact) mass is 292 g/mol. The van der Waals surface area contributed by atoms with Crippen LogP contribution in [0.5, 0.6) is 0 Å². The van der Waals surface area contributed by atoms with Gasteiger partial charge in [-0.15, -0.1) is 0 Å². The van der Waals surface area contributed by atoms with Gasteiger partial charge in [0.05, 0.1) is 12.0 Å². The van der Waals surface area contributed by atoms with E-state index < -0.39 is 0 Å². The van der Waals surface area contributed by atoms with Crippen molar-refractivity contribution in [1.29, 1.82) is 5.26 Å². The maximum absolute atomic E-state index is 9.59. The van der Waals surface area contributed by atoms with Crippen molar-refractivity contribution < 1.29 is 0 Å². The summed E-state index contributed by atoms with van der Waals surface area (Å²) in [5.74, 6) is 2.30. The van der Waals surface area contributed by atoms with Crippen molar-refractivity contribution in [2.45, 2.75) is 73.8 Å². The highest BCUT2D eigenvalue weighted by atomic mass is 15.2. The van der Waals surface area contributed by atoms with E-state index in [1.165, 1.54) is 12.8 Å². The highest BCUT2D eigenvalue weighted by Gasteiger charge is 2.38. The van der Waals surface area contributed by atoms with Gasteiger partial charge in [0, 0.05) is 19.1 Å². The van der Waals surface area contributed by atoms with Crippen LogP contribution in [0.2, 0.25) is 0 Å². The Morgan fingerprint density at radius 3 is 1.95 bits per heavy atom. The molecule has 0 amide bonds. The molecular formula is C19H36N2. The van der Waals surface area contributed by atoms with Crippen LogP contribution in [0.25, 0.3) is 0 Å². The van der Waals surface area contributed by atoms with Crippen molar-refractivity contribution in [1.82, 2.24) is 4.90 Å². The normalized spacial score (nSPS) is 27.4. The number of rotatable bonds is 5. The molecule has 2 nitrogen and oxygen atoms in total. The largest absolute Gasteiger partial charge is 0.299 e. The zero-order valence-electron chi connectivity index (χ0n) is 15.3. The van der Waals surface area contributed by atoms with Gasteiger partial charge in [0.2, 0.25) is 0 Å². The first kappa shape index (κ1) is 18.5. The van der Waals surface area contributed by atoms with Crippen molar-refractivity contribution in [3.63, 3.8) is 0 Å². The minimum absolute atomic E-state index is 0.223. The molecule has 3 atom stereocenters. The molecule has 3 unspecified atom stereocenters. The molecule has 0 spiro atoms. The summed E-state index contributed by atoms with van der Waals surface area (Å²) in [6.07, 6.45) is 3.49. The Labute approximate surface area is 132 Å². The first-order valence-corrected chi connectivity index (χ1v) is 8.78. The number of hydrogen-bond donors (Lipinski definition) is 0. The van der Waals surface area contributed by atoms with Crippen LogP contribution in [0.1, 0.15) is 67.7 Å². The molecule has 1 aliphatic rings. The molecule has 0 radical (unpaired) electrons. The summed E-state index contributed by atoms with van der Waals surface area (Å²) < 4.78 is 0. The van der Waals surface area contributed by atoms with Gasteiger partial charge in [-0.2, -0.15) is 5.26 Å². The Morgan fingerprint density at radius 1 is 1.05 bits per heavy atom. The number of hydrogen-bond acceptors (Lipinski definition) is 2. The van der Waals surface area contributed by atoms with E-state index in [2.05, 4.69) is 59.4 Å². The highest BCUT2D eigenvalue weighted by Crippen LogP contribution is 2.41. The van der Waals surface area contributed by atoms with Crippen molar-refractivity contribution >= 4 is 0 Å². The fraction of sp³-hybridized carbons (Fsp3) is 0.947. The average Bonchev–Trinajstić information content (AvgIpc) is 2.35. The first-order chi connectivity index (χ1) is 9.65. The summed E-state index contributed by atoms with van der Waals surface area (Å²) in [4.78, 5) is 2.63. The van der Waals surface area contributed by atoms with E-state index in [0.717, 1.165) is 25.4 Å². The topological polar surface area (TPSA) is 27.0 Å². The van der Waals surface area contributed by atoms with Crippen LogP contribution < -0.4 is 0 Å². The van der Waals surface area contributed by atoms with E-state index >= 15 is 0 Å². The van der Waals surface area contributed by atoms with Crippen molar-refractivity contribution in [2.24, 2.45) is 29.1 Å². The molecule has 1 fully saturated rings. The van der Waals surface area contributed by atoms with Gasteiger partial charge >= 0.3 is 0 Å². The van der Waals surface area contributed by atoms with Crippen molar-refractivity contribution in [3.05, 3.63) is 0 Å². The van der Waals surface area contributed by atoms with E-state index in [4.69, 9.17) is 0 Å². The molecule has 0 heterocycles. The smallest absolute Gasteiger partial charge is 0.0672 e. The maximum atomic E-state index is 9.59. The van der Waals surface area contributed by atoms with Crippen LogP contribution in [-0.2, 0) is 0 Å². The summed E-state index contributed by atoms with van der Waals surface area (Å²) in [5, 5.41) is 9.59. The van der Waals surface area contributed by atoms with Crippen molar-refractivity contribution in [3.8, 4) is 6.07 Å². The maximum Gasteiger partial charge on any atom is 0.0672 e. The van der Waals surface area contributed by atoms with E-state index in [9.17, 15) is 5.26 Å². The molecule has 0 saturated heterocycles. The summed E-state index contributed by atoms with van der Waals surface area (Å²) in [7, 11) is 0. The molecule has 21 heavy (non-hydrogen) atoms. The predicted molar refractivity (Wildman–Crippen MR) is 90.9 cm³/mol. The van der Waals surface area contributed by atoms with Gasteiger partial charge in [0.1, 0.15) is 0 Å². The van der Waals surface area contributed by atoms with E-state index in [-0.39, 0.29) is 5.92 Å². The van der Waals surface area contributed by atoms with Gasteiger partial charge in [-0.1, -0.05) is 48.5 Å². The molecule has 0 aliphatic heterocycles. The Bertz CT molecular complexity index is 336. The van der Waals surface area contributed by atoms with Crippen LogP contribution in [0, 0.1) is 40.4 Å². The molecule has 0 aromatic heterocycles. The fourth-order valence-electron chi connectivity index (χ4n) is 3.77. The fourth-order valence-corrected chi connectivity index (χ4v) is 3.77. The summed E-state index contributed by atoms with van der Waals surface area (Å²) in [5.41, 5.74) is 0.361. The third-order valence-corrected chi connectivity index (χ3v) is 4.88. The van der Waals surface area contributed by atoms with Gasteiger partial charge in [-0.25, -0.2) is 0 Å². The Morgan fingerprint density at radius 2 is 1.57 bits per heavy atom. The predicted octanol–water partition coefficient (Wildman–Crippen LogP) is 4.95. The first-order valence-electron chi connectivity index (χ1n) is 8.78. The van der Waals surface area contributed by atoms with E-state index in [1.54, 1.807) is 0 Å². The van der Waals surface area contributed by atoms with Crippen LogP contribution >= 0.6 is 0 Å². The zero-order chi connectivity index (χ0) is 16.2. The molecular weight excluding hydrogens is 256 g/mol. The molecule has 0 aromatic carbocycles. The quantitative estimate of drug-likeness (QED) is 0.716. The minimum atomic E-state index is 0.223. The molecule has 1 aliphatic carbocycles. The Kier molecular flexibility index (Phi) is 6.72. The molecule has 0 bridgehead atoms. The summed E-state index contributed by atoms with van der Waals surface area (Å²) in [6.45, 7) is 18.5. The van der Waals surface area contributed by atoms with Gasteiger partial charge in [-0.3, -0.25) is 4.90 Å². The second-order valence-electron chi connectivity index (χ2n) is 8.92. The van der Waals surface area contributed by atoms with Gasteiger partial charge in [-0.05, 0) is 42.4 Å². The summed E-state index contributed by atoms with van der Waals surface area (Å²) >= 11 is 0. The molecule has 1 saturated carbocycles. The Balaban J connectivity index is 2.90. The van der Waals surface area contributed by atoms with Gasteiger partial charge in [0.15, 0.2) is 0 Å². The van der Waals surface area contributed by atoms with E-state index in [1.807, 2.05) is 0 Å². The average molecular weight is 293 g/mol. The lowest BCUT2D eigenvalue weighted by molar-refractivity contribution is 0.0467. The standard InChI is InChI=1S/C19H36N2/c1-14(2)12-21(13-15(3)4)18-10-17(19(5,6)7)9-8-16(18)11-20/h14-18H,8-10,12-13H2,1-7H3. The Hall–Kier alpha value is -0.550. The van der Waals surface area contributed by atoms with Gasteiger partial charge in [0.25, 0.3) is 0 Å². The lowest BCUT2D eigenvalue weighted by Crippen LogP contribution is -2.48. The second-order valence-corrected chi connectivity index (χ2v) is 8.92. The lowest BCUT2D eigenvalue weighted by Gasteiger charge is -2.45. The summed E-state index contributed by atoms with van der Waals surface area (Å²) in [6, 6.07) is 3.07. The molecule has 1 rings (SSSR count).